The molecule has 1 saturated heterocycles. The molecule has 1 aliphatic rings. The fourth-order valence-corrected chi connectivity index (χ4v) is 2.91. The van der Waals surface area contributed by atoms with Crippen molar-refractivity contribution in [1.82, 2.24) is 10.2 Å². The molecule has 2 atom stereocenters. The number of rotatable bonds is 6. The molecule has 1 N–H and O–H groups in total. The van der Waals surface area contributed by atoms with Gasteiger partial charge in [-0.3, -0.25) is 4.90 Å². The maximum absolute atomic E-state index is 5.76. The number of ether oxygens (including phenoxy) is 1. The van der Waals surface area contributed by atoms with Crippen molar-refractivity contribution in [1.29, 1.82) is 0 Å². The fourth-order valence-electron chi connectivity index (χ4n) is 2.91. The molecular formula is C18H30N2O. The lowest BCUT2D eigenvalue weighted by Crippen LogP contribution is -2.38. The first kappa shape index (κ1) is 16.5. The Morgan fingerprint density at radius 2 is 2.10 bits per heavy atom. The highest BCUT2D eigenvalue weighted by molar-refractivity contribution is 5.24. The topological polar surface area (TPSA) is 24.5 Å². The van der Waals surface area contributed by atoms with Gasteiger partial charge in [-0.1, -0.05) is 36.8 Å². The minimum Gasteiger partial charge on any atom is -0.377 e. The number of nitrogens with zero attached hydrogens (tertiary/aromatic N) is 1. The highest BCUT2D eigenvalue weighted by atomic mass is 16.5. The van der Waals surface area contributed by atoms with Gasteiger partial charge in [0.05, 0.1) is 6.10 Å². The summed E-state index contributed by atoms with van der Waals surface area (Å²) >= 11 is 0. The molecule has 2 rings (SSSR count). The van der Waals surface area contributed by atoms with Crippen LogP contribution in [0, 0.1) is 6.92 Å². The summed E-state index contributed by atoms with van der Waals surface area (Å²) in [7, 11) is 0. The Morgan fingerprint density at radius 3 is 2.81 bits per heavy atom. The van der Waals surface area contributed by atoms with Crippen LogP contribution >= 0.6 is 0 Å². The van der Waals surface area contributed by atoms with Gasteiger partial charge in [-0.15, -0.1) is 0 Å². The Hall–Kier alpha value is -0.900. The van der Waals surface area contributed by atoms with Gasteiger partial charge in [-0.2, -0.15) is 0 Å². The van der Waals surface area contributed by atoms with Crippen LogP contribution in [0.3, 0.4) is 0 Å². The number of benzene rings is 1. The molecular weight excluding hydrogens is 260 g/mol. The second-order valence-corrected chi connectivity index (χ2v) is 6.21. The van der Waals surface area contributed by atoms with Crippen LogP contribution in [0.15, 0.2) is 24.3 Å². The molecule has 2 unspecified atom stereocenters. The van der Waals surface area contributed by atoms with Crippen LogP contribution in [0.2, 0.25) is 0 Å². The van der Waals surface area contributed by atoms with Gasteiger partial charge in [-0.05, 0) is 38.8 Å². The summed E-state index contributed by atoms with van der Waals surface area (Å²) in [4.78, 5) is 2.55. The molecule has 1 aromatic rings. The number of hydrogen-bond acceptors (Lipinski definition) is 3. The minimum absolute atomic E-state index is 0.345. The maximum Gasteiger partial charge on any atom is 0.0673 e. The lowest BCUT2D eigenvalue weighted by atomic mass is 10.0. The molecule has 3 heteroatoms. The average Bonchev–Trinajstić information content (AvgIpc) is 2.68. The van der Waals surface area contributed by atoms with Crippen molar-refractivity contribution in [3.8, 4) is 0 Å². The van der Waals surface area contributed by atoms with Crippen LogP contribution in [0.1, 0.15) is 43.9 Å². The molecule has 1 aliphatic heterocycles. The molecule has 0 aromatic heterocycles. The average molecular weight is 290 g/mol. The molecule has 21 heavy (non-hydrogen) atoms. The molecule has 0 radical (unpaired) electrons. The minimum atomic E-state index is 0.345. The normalized spacial score (nSPS) is 22.0. The van der Waals surface area contributed by atoms with E-state index in [2.05, 4.69) is 55.3 Å². The van der Waals surface area contributed by atoms with Crippen LogP contribution in [-0.2, 0) is 4.74 Å². The summed E-state index contributed by atoms with van der Waals surface area (Å²) in [5.74, 6) is 0. The summed E-state index contributed by atoms with van der Waals surface area (Å²) in [5.41, 5.74) is 2.72. The van der Waals surface area contributed by atoms with Gasteiger partial charge < -0.3 is 10.1 Å². The number of aryl methyl sites for hydroxylation is 1. The quantitative estimate of drug-likeness (QED) is 0.871. The Bertz CT molecular complexity index is 404. The predicted octanol–water partition coefficient (Wildman–Crippen LogP) is 3.15. The van der Waals surface area contributed by atoms with Gasteiger partial charge in [0, 0.05) is 32.3 Å². The molecule has 118 valence electrons. The molecule has 1 heterocycles. The van der Waals surface area contributed by atoms with E-state index < -0.39 is 0 Å². The second-order valence-electron chi connectivity index (χ2n) is 6.21. The fraction of sp³-hybridized carbons (Fsp3) is 0.667. The largest absolute Gasteiger partial charge is 0.377 e. The van der Waals surface area contributed by atoms with E-state index in [1.165, 1.54) is 17.5 Å². The Labute approximate surface area is 129 Å². The number of nitrogens with one attached hydrogen (secondary N) is 1. The monoisotopic (exact) mass is 290 g/mol. The van der Waals surface area contributed by atoms with Gasteiger partial charge in [0.25, 0.3) is 0 Å². The molecule has 0 amide bonds. The summed E-state index contributed by atoms with van der Waals surface area (Å²) in [5, 5.41) is 3.71. The lowest BCUT2D eigenvalue weighted by molar-refractivity contribution is 0.0664. The van der Waals surface area contributed by atoms with Crippen molar-refractivity contribution in [2.24, 2.45) is 0 Å². The van der Waals surface area contributed by atoms with Crippen LogP contribution in [0.25, 0.3) is 0 Å². The van der Waals surface area contributed by atoms with Gasteiger partial charge in [0.15, 0.2) is 0 Å². The van der Waals surface area contributed by atoms with E-state index in [-0.39, 0.29) is 0 Å². The predicted molar refractivity (Wildman–Crippen MR) is 88.7 cm³/mol. The molecule has 0 bridgehead atoms. The number of hydrogen-bond donors (Lipinski definition) is 1. The summed E-state index contributed by atoms with van der Waals surface area (Å²) in [6, 6.07) is 9.37. The van der Waals surface area contributed by atoms with Crippen LogP contribution in [-0.4, -0.2) is 43.8 Å². The van der Waals surface area contributed by atoms with E-state index in [0.29, 0.717) is 12.1 Å². The maximum atomic E-state index is 5.76. The smallest absolute Gasteiger partial charge is 0.0673 e. The zero-order valence-corrected chi connectivity index (χ0v) is 13.8. The van der Waals surface area contributed by atoms with Crippen molar-refractivity contribution in [3.05, 3.63) is 35.4 Å². The lowest BCUT2D eigenvalue weighted by Gasteiger charge is -2.28. The van der Waals surface area contributed by atoms with E-state index in [9.17, 15) is 0 Å². The van der Waals surface area contributed by atoms with E-state index in [4.69, 9.17) is 4.74 Å². The third-order valence-corrected chi connectivity index (χ3v) is 4.10. The van der Waals surface area contributed by atoms with E-state index in [1.54, 1.807) is 0 Å². The van der Waals surface area contributed by atoms with Crippen molar-refractivity contribution in [2.75, 3.05) is 32.8 Å². The van der Waals surface area contributed by atoms with Crippen molar-refractivity contribution in [3.63, 3.8) is 0 Å². The van der Waals surface area contributed by atoms with Gasteiger partial charge in [0.1, 0.15) is 0 Å². The first-order valence-electron chi connectivity index (χ1n) is 8.33. The molecule has 0 spiro atoms. The van der Waals surface area contributed by atoms with Crippen LogP contribution in [0.4, 0.5) is 0 Å². The summed E-state index contributed by atoms with van der Waals surface area (Å²) in [6.07, 6.45) is 2.65. The Morgan fingerprint density at radius 1 is 1.33 bits per heavy atom. The highest BCUT2D eigenvalue weighted by Crippen LogP contribution is 2.17. The van der Waals surface area contributed by atoms with Gasteiger partial charge in [0.2, 0.25) is 0 Å². The van der Waals surface area contributed by atoms with Crippen LogP contribution < -0.4 is 5.32 Å². The third kappa shape index (κ3) is 5.42. The molecule has 0 aliphatic carbocycles. The zero-order chi connectivity index (χ0) is 15.1. The van der Waals surface area contributed by atoms with Crippen molar-refractivity contribution >= 4 is 0 Å². The van der Waals surface area contributed by atoms with E-state index in [1.807, 2.05) is 0 Å². The first-order valence-corrected chi connectivity index (χ1v) is 8.33. The Balaban J connectivity index is 2.02. The van der Waals surface area contributed by atoms with Crippen LogP contribution in [0.5, 0.6) is 0 Å². The second kappa shape index (κ2) is 8.52. The van der Waals surface area contributed by atoms with Gasteiger partial charge >= 0.3 is 0 Å². The Kier molecular flexibility index (Phi) is 6.68. The first-order chi connectivity index (χ1) is 10.2. The SMILES string of the molecule is CCCNC(CN1CCCOC(C)C1)c1ccc(C)cc1. The molecule has 1 fully saturated rings. The highest BCUT2D eigenvalue weighted by Gasteiger charge is 2.19. The summed E-state index contributed by atoms with van der Waals surface area (Å²) in [6.45, 7) is 11.8. The molecule has 0 saturated carbocycles. The third-order valence-electron chi connectivity index (χ3n) is 4.10. The zero-order valence-electron chi connectivity index (χ0n) is 13.8. The van der Waals surface area contributed by atoms with E-state index in [0.717, 1.165) is 39.2 Å². The van der Waals surface area contributed by atoms with E-state index >= 15 is 0 Å². The summed E-state index contributed by atoms with van der Waals surface area (Å²) < 4.78 is 5.76. The van der Waals surface area contributed by atoms with Crippen molar-refractivity contribution in [2.45, 2.75) is 45.8 Å². The molecule has 1 aromatic carbocycles. The standard InChI is InChI=1S/C18H30N2O/c1-4-10-19-18(17-8-6-15(2)7-9-17)14-20-11-5-12-21-16(3)13-20/h6-9,16,18-19H,4-5,10-14H2,1-3H3. The molecule has 3 nitrogen and oxygen atoms in total. The van der Waals surface area contributed by atoms with Gasteiger partial charge in [-0.25, -0.2) is 0 Å². The van der Waals surface area contributed by atoms with Crippen molar-refractivity contribution < 1.29 is 4.74 Å².